The van der Waals surface area contributed by atoms with Gasteiger partial charge in [0.1, 0.15) is 11.5 Å². The number of hydrogen-bond acceptors (Lipinski definition) is 3. The lowest BCUT2D eigenvalue weighted by Crippen LogP contribution is -2.04. The third-order valence-corrected chi connectivity index (χ3v) is 3.40. The first kappa shape index (κ1) is 15.6. The van der Waals surface area contributed by atoms with E-state index in [0.29, 0.717) is 10.8 Å². The SMILES string of the molecule is COc1cccc(/C=C/C(=O)Oc2ccc(Br)cc2Cl)c1. The minimum absolute atomic E-state index is 0.320. The Labute approximate surface area is 136 Å². The van der Waals surface area contributed by atoms with E-state index in [4.69, 9.17) is 21.1 Å². The highest BCUT2D eigenvalue weighted by Gasteiger charge is 2.06. The fraction of sp³-hybridized carbons (Fsp3) is 0.0625. The van der Waals surface area contributed by atoms with Gasteiger partial charge in [-0.3, -0.25) is 0 Å². The molecule has 0 spiro atoms. The summed E-state index contributed by atoms with van der Waals surface area (Å²) in [5.41, 5.74) is 0.841. The summed E-state index contributed by atoms with van der Waals surface area (Å²) >= 11 is 9.27. The van der Waals surface area contributed by atoms with Crippen LogP contribution in [0.25, 0.3) is 6.08 Å². The van der Waals surface area contributed by atoms with Crippen molar-refractivity contribution in [1.29, 1.82) is 0 Å². The highest BCUT2D eigenvalue weighted by molar-refractivity contribution is 9.10. The van der Waals surface area contributed by atoms with Crippen molar-refractivity contribution in [3.05, 3.63) is 63.6 Å². The van der Waals surface area contributed by atoms with Crippen LogP contribution in [-0.4, -0.2) is 13.1 Å². The van der Waals surface area contributed by atoms with Crippen LogP contribution >= 0.6 is 27.5 Å². The van der Waals surface area contributed by atoms with Crippen LogP contribution in [0, 0.1) is 0 Å². The van der Waals surface area contributed by atoms with Crippen LogP contribution in [0.5, 0.6) is 11.5 Å². The lowest BCUT2D eigenvalue weighted by atomic mass is 10.2. The van der Waals surface area contributed by atoms with E-state index in [2.05, 4.69) is 15.9 Å². The zero-order chi connectivity index (χ0) is 15.2. The molecule has 0 aliphatic heterocycles. The monoisotopic (exact) mass is 366 g/mol. The summed E-state index contributed by atoms with van der Waals surface area (Å²) < 4.78 is 11.1. The number of carbonyl (C=O) groups excluding carboxylic acids is 1. The third kappa shape index (κ3) is 4.62. The Bertz CT molecular complexity index is 683. The molecule has 0 amide bonds. The van der Waals surface area contributed by atoms with E-state index in [1.807, 2.05) is 24.3 Å². The summed E-state index contributed by atoms with van der Waals surface area (Å²) in [7, 11) is 1.59. The Morgan fingerprint density at radius 3 is 2.76 bits per heavy atom. The van der Waals surface area contributed by atoms with Crippen molar-refractivity contribution in [3.63, 3.8) is 0 Å². The van der Waals surface area contributed by atoms with Gasteiger partial charge in [0.15, 0.2) is 0 Å². The molecule has 0 atom stereocenters. The Morgan fingerprint density at radius 2 is 2.05 bits per heavy atom. The number of rotatable bonds is 4. The molecule has 0 aliphatic carbocycles. The van der Waals surface area contributed by atoms with Gasteiger partial charge in [-0.2, -0.15) is 0 Å². The van der Waals surface area contributed by atoms with Crippen molar-refractivity contribution in [2.45, 2.75) is 0 Å². The molecule has 0 fully saturated rings. The van der Waals surface area contributed by atoms with Crippen LogP contribution in [-0.2, 0) is 4.79 Å². The number of esters is 1. The molecule has 3 nitrogen and oxygen atoms in total. The van der Waals surface area contributed by atoms with Gasteiger partial charge in [-0.25, -0.2) is 4.79 Å². The summed E-state index contributed by atoms with van der Waals surface area (Å²) in [6.45, 7) is 0. The van der Waals surface area contributed by atoms with Gasteiger partial charge in [0.25, 0.3) is 0 Å². The first-order chi connectivity index (χ1) is 10.1. The second kappa shape index (κ2) is 7.29. The topological polar surface area (TPSA) is 35.5 Å². The highest BCUT2D eigenvalue weighted by atomic mass is 79.9. The van der Waals surface area contributed by atoms with Gasteiger partial charge < -0.3 is 9.47 Å². The summed E-state index contributed by atoms with van der Waals surface area (Å²) in [4.78, 5) is 11.8. The molecular formula is C16H12BrClO3. The first-order valence-corrected chi connectivity index (χ1v) is 7.24. The van der Waals surface area contributed by atoms with Crippen molar-refractivity contribution in [1.82, 2.24) is 0 Å². The lowest BCUT2D eigenvalue weighted by molar-refractivity contribution is -0.128. The number of hydrogen-bond donors (Lipinski definition) is 0. The molecule has 2 rings (SSSR count). The molecule has 0 bridgehead atoms. The van der Waals surface area contributed by atoms with Gasteiger partial charge in [0.05, 0.1) is 12.1 Å². The van der Waals surface area contributed by atoms with Crippen molar-refractivity contribution in [2.75, 3.05) is 7.11 Å². The first-order valence-electron chi connectivity index (χ1n) is 6.07. The van der Waals surface area contributed by atoms with E-state index in [1.54, 1.807) is 31.4 Å². The van der Waals surface area contributed by atoms with Gasteiger partial charge >= 0.3 is 5.97 Å². The van der Waals surface area contributed by atoms with E-state index in [-0.39, 0.29) is 0 Å². The molecule has 108 valence electrons. The van der Waals surface area contributed by atoms with Gasteiger partial charge in [0, 0.05) is 10.5 Å². The summed E-state index contributed by atoms with van der Waals surface area (Å²) in [6, 6.07) is 12.4. The summed E-state index contributed by atoms with van der Waals surface area (Å²) in [5.74, 6) is 0.545. The quantitative estimate of drug-likeness (QED) is 0.445. The Morgan fingerprint density at radius 1 is 1.24 bits per heavy atom. The fourth-order valence-corrected chi connectivity index (χ4v) is 2.32. The predicted octanol–water partition coefficient (Wildman–Crippen LogP) is 4.73. The van der Waals surface area contributed by atoms with Gasteiger partial charge in [-0.15, -0.1) is 0 Å². The maximum atomic E-state index is 11.8. The molecule has 0 saturated heterocycles. The van der Waals surface area contributed by atoms with Crippen LogP contribution in [0.4, 0.5) is 0 Å². The second-order valence-electron chi connectivity index (χ2n) is 4.11. The summed E-state index contributed by atoms with van der Waals surface area (Å²) in [6.07, 6.45) is 2.99. The molecular weight excluding hydrogens is 356 g/mol. The maximum absolute atomic E-state index is 11.8. The van der Waals surface area contributed by atoms with Crippen molar-refractivity contribution >= 4 is 39.6 Å². The minimum Gasteiger partial charge on any atom is -0.497 e. The van der Waals surface area contributed by atoms with E-state index in [1.165, 1.54) is 6.08 Å². The molecule has 0 heterocycles. The van der Waals surface area contributed by atoms with E-state index in [9.17, 15) is 4.79 Å². The van der Waals surface area contributed by atoms with E-state index < -0.39 is 5.97 Å². The Hall–Kier alpha value is -1.78. The standard InChI is InChI=1S/C16H12BrClO3/c1-20-13-4-2-3-11(9-13)5-8-16(19)21-15-7-6-12(17)10-14(15)18/h2-10H,1H3/b8-5+. The Balaban J connectivity index is 2.05. The fourth-order valence-electron chi connectivity index (χ4n) is 1.61. The molecule has 0 saturated carbocycles. The van der Waals surface area contributed by atoms with Gasteiger partial charge in [-0.05, 0) is 42.0 Å². The zero-order valence-electron chi connectivity index (χ0n) is 11.2. The normalized spacial score (nSPS) is 10.6. The van der Waals surface area contributed by atoms with Crippen LogP contribution in [0.15, 0.2) is 53.0 Å². The van der Waals surface area contributed by atoms with Crippen molar-refractivity contribution in [3.8, 4) is 11.5 Å². The van der Waals surface area contributed by atoms with Crippen molar-refractivity contribution in [2.24, 2.45) is 0 Å². The maximum Gasteiger partial charge on any atom is 0.336 e. The average Bonchev–Trinajstić information content (AvgIpc) is 2.48. The number of benzene rings is 2. The van der Waals surface area contributed by atoms with E-state index in [0.717, 1.165) is 15.8 Å². The summed E-state index contributed by atoms with van der Waals surface area (Å²) in [5, 5.41) is 0.368. The molecule has 21 heavy (non-hydrogen) atoms. The smallest absolute Gasteiger partial charge is 0.336 e. The number of methoxy groups -OCH3 is 1. The second-order valence-corrected chi connectivity index (χ2v) is 5.43. The van der Waals surface area contributed by atoms with Crippen LogP contribution < -0.4 is 9.47 Å². The average molecular weight is 368 g/mol. The van der Waals surface area contributed by atoms with Crippen LogP contribution in [0.2, 0.25) is 5.02 Å². The Kier molecular flexibility index (Phi) is 5.42. The van der Waals surface area contributed by atoms with Gasteiger partial charge in [0.2, 0.25) is 0 Å². The van der Waals surface area contributed by atoms with Crippen LogP contribution in [0.3, 0.4) is 0 Å². The van der Waals surface area contributed by atoms with Gasteiger partial charge in [-0.1, -0.05) is 39.7 Å². The molecule has 0 radical (unpaired) electrons. The third-order valence-electron chi connectivity index (χ3n) is 2.61. The molecule has 0 aromatic heterocycles. The molecule has 0 unspecified atom stereocenters. The minimum atomic E-state index is -0.498. The predicted molar refractivity (Wildman–Crippen MR) is 86.8 cm³/mol. The molecule has 0 N–H and O–H groups in total. The van der Waals surface area contributed by atoms with Crippen LogP contribution in [0.1, 0.15) is 5.56 Å². The molecule has 0 aliphatic rings. The molecule has 2 aromatic rings. The highest BCUT2D eigenvalue weighted by Crippen LogP contribution is 2.27. The number of ether oxygens (including phenoxy) is 2. The largest absolute Gasteiger partial charge is 0.497 e. The van der Waals surface area contributed by atoms with Crippen molar-refractivity contribution < 1.29 is 14.3 Å². The molecule has 2 aromatic carbocycles. The lowest BCUT2D eigenvalue weighted by Gasteiger charge is -2.04. The molecule has 5 heteroatoms. The van der Waals surface area contributed by atoms with E-state index >= 15 is 0 Å². The number of carbonyl (C=O) groups is 1. The zero-order valence-corrected chi connectivity index (χ0v) is 13.5. The number of halogens is 2.